The summed E-state index contributed by atoms with van der Waals surface area (Å²) in [7, 11) is -3.64. The van der Waals surface area contributed by atoms with E-state index in [1.54, 1.807) is 12.1 Å². The van der Waals surface area contributed by atoms with Gasteiger partial charge < -0.3 is 4.74 Å². The van der Waals surface area contributed by atoms with Crippen LogP contribution in [0.3, 0.4) is 0 Å². The number of carbonyl (C=O) groups is 1. The second-order valence-corrected chi connectivity index (χ2v) is 10.00. The Morgan fingerprint density at radius 1 is 1.03 bits per heavy atom. The monoisotopic (exact) mass is 412 g/mol. The largest absolute Gasteiger partial charge is 0.489 e. The molecule has 1 aliphatic carbocycles. The molecular formula is C24H28O4S. The SMILES string of the molecule is C=C1CCC(C(=O)CS(=O)(=O)c2ccc(OCc3cc(C)cc(C)c3)cc2)CC1. The zero-order valence-electron chi connectivity index (χ0n) is 17.1. The van der Waals surface area contributed by atoms with Gasteiger partial charge in [-0.1, -0.05) is 41.5 Å². The third kappa shape index (κ3) is 5.80. The average molecular weight is 413 g/mol. The molecule has 0 atom stereocenters. The molecule has 3 rings (SSSR count). The van der Waals surface area contributed by atoms with Crippen molar-refractivity contribution in [3.63, 3.8) is 0 Å². The Balaban J connectivity index is 1.60. The van der Waals surface area contributed by atoms with E-state index in [0.29, 0.717) is 25.2 Å². The highest BCUT2D eigenvalue weighted by Gasteiger charge is 2.27. The van der Waals surface area contributed by atoms with Crippen LogP contribution in [0.5, 0.6) is 5.75 Å². The predicted octanol–water partition coefficient (Wildman–Crippen LogP) is 4.97. The van der Waals surface area contributed by atoms with Crippen molar-refractivity contribution in [1.29, 1.82) is 0 Å². The lowest BCUT2D eigenvalue weighted by atomic mass is 9.84. The molecule has 1 fully saturated rings. The number of ether oxygens (including phenoxy) is 1. The second-order valence-electron chi connectivity index (χ2n) is 8.01. The molecule has 0 N–H and O–H groups in total. The van der Waals surface area contributed by atoms with E-state index < -0.39 is 15.6 Å². The minimum absolute atomic E-state index is 0.157. The van der Waals surface area contributed by atoms with Crippen LogP contribution in [0.2, 0.25) is 0 Å². The van der Waals surface area contributed by atoms with Crippen LogP contribution in [0.25, 0.3) is 0 Å². The smallest absolute Gasteiger partial charge is 0.185 e. The summed E-state index contributed by atoms with van der Waals surface area (Å²) in [5.41, 5.74) is 4.57. The number of carbonyl (C=O) groups excluding carboxylic acids is 1. The lowest BCUT2D eigenvalue weighted by molar-refractivity contribution is -0.121. The topological polar surface area (TPSA) is 60.4 Å². The van der Waals surface area contributed by atoms with Gasteiger partial charge in [-0.15, -0.1) is 0 Å². The minimum atomic E-state index is -3.64. The van der Waals surface area contributed by atoms with Gasteiger partial charge in [-0.25, -0.2) is 8.42 Å². The molecule has 2 aromatic rings. The quantitative estimate of drug-likeness (QED) is 0.602. The average Bonchev–Trinajstić information content (AvgIpc) is 2.66. The number of allylic oxidation sites excluding steroid dienone is 1. The molecule has 0 saturated heterocycles. The Morgan fingerprint density at radius 2 is 1.62 bits per heavy atom. The first-order valence-electron chi connectivity index (χ1n) is 9.95. The van der Waals surface area contributed by atoms with E-state index in [0.717, 1.165) is 24.0 Å². The van der Waals surface area contributed by atoms with Crippen LogP contribution in [0.1, 0.15) is 42.4 Å². The Kier molecular flexibility index (Phi) is 6.58. The number of rotatable bonds is 7. The molecule has 154 valence electrons. The lowest BCUT2D eigenvalue weighted by Gasteiger charge is -2.22. The van der Waals surface area contributed by atoms with Crippen LogP contribution in [0.15, 0.2) is 59.5 Å². The molecule has 0 bridgehead atoms. The first-order chi connectivity index (χ1) is 13.7. The van der Waals surface area contributed by atoms with Crippen molar-refractivity contribution in [2.45, 2.75) is 51.0 Å². The van der Waals surface area contributed by atoms with E-state index in [1.165, 1.54) is 23.3 Å². The predicted molar refractivity (Wildman–Crippen MR) is 115 cm³/mol. The number of sulfone groups is 1. The van der Waals surface area contributed by atoms with Gasteiger partial charge in [-0.2, -0.15) is 0 Å². The highest BCUT2D eigenvalue weighted by Crippen LogP contribution is 2.28. The summed E-state index contributed by atoms with van der Waals surface area (Å²) in [5, 5.41) is 0. The van der Waals surface area contributed by atoms with Gasteiger partial charge in [-0.3, -0.25) is 4.79 Å². The van der Waals surface area contributed by atoms with Gasteiger partial charge in [0.25, 0.3) is 0 Å². The van der Waals surface area contributed by atoms with Crippen molar-refractivity contribution >= 4 is 15.6 Å². The molecule has 5 heteroatoms. The van der Waals surface area contributed by atoms with Gasteiger partial charge in [0.1, 0.15) is 18.1 Å². The highest BCUT2D eigenvalue weighted by molar-refractivity contribution is 7.92. The Bertz CT molecular complexity index is 973. The molecule has 0 aromatic heterocycles. The summed E-state index contributed by atoms with van der Waals surface area (Å²) in [4.78, 5) is 12.6. The fourth-order valence-electron chi connectivity index (χ4n) is 3.80. The van der Waals surface area contributed by atoms with Crippen molar-refractivity contribution in [1.82, 2.24) is 0 Å². The normalized spacial score (nSPS) is 15.3. The standard InChI is InChI=1S/C24H28O4S/c1-17-4-6-21(7-5-17)24(25)16-29(26,27)23-10-8-22(9-11-23)28-15-20-13-18(2)12-19(3)14-20/h8-14,21H,1,4-7,15-16H2,2-3H3. The van der Waals surface area contributed by atoms with Gasteiger partial charge in [0.2, 0.25) is 0 Å². The maximum absolute atomic E-state index is 12.6. The van der Waals surface area contributed by atoms with E-state index in [4.69, 9.17) is 4.74 Å². The molecule has 0 radical (unpaired) electrons. The van der Waals surface area contributed by atoms with E-state index in [9.17, 15) is 13.2 Å². The minimum Gasteiger partial charge on any atom is -0.489 e. The molecule has 0 spiro atoms. The van der Waals surface area contributed by atoms with Gasteiger partial charge in [0.05, 0.1) is 4.90 Å². The number of hydrogen-bond acceptors (Lipinski definition) is 4. The van der Waals surface area contributed by atoms with Crippen LogP contribution in [-0.4, -0.2) is 20.0 Å². The molecule has 0 aliphatic heterocycles. The third-order valence-corrected chi connectivity index (χ3v) is 7.01. The first kappa shape index (κ1) is 21.3. The maximum atomic E-state index is 12.6. The first-order valence-corrected chi connectivity index (χ1v) is 11.6. The van der Waals surface area contributed by atoms with Crippen LogP contribution >= 0.6 is 0 Å². The molecule has 1 saturated carbocycles. The second kappa shape index (κ2) is 8.95. The summed E-state index contributed by atoms with van der Waals surface area (Å²) < 4.78 is 31.1. The van der Waals surface area contributed by atoms with Gasteiger partial charge in [0.15, 0.2) is 15.6 Å². The van der Waals surface area contributed by atoms with Crippen LogP contribution in [0.4, 0.5) is 0 Å². The Labute approximate surface area is 173 Å². The summed E-state index contributed by atoms with van der Waals surface area (Å²) in [6, 6.07) is 12.6. The van der Waals surface area contributed by atoms with Gasteiger partial charge >= 0.3 is 0 Å². The van der Waals surface area contributed by atoms with Crippen molar-refractivity contribution in [2.24, 2.45) is 5.92 Å². The van der Waals surface area contributed by atoms with Gasteiger partial charge in [-0.05, 0) is 69.4 Å². The van der Waals surface area contributed by atoms with E-state index in [2.05, 4.69) is 24.8 Å². The van der Waals surface area contributed by atoms with Crippen molar-refractivity contribution in [3.8, 4) is 5.75 Å². The van der Waals surface area contributed by atoms with Crippen LogP contribution in [-0.2, 0) is 21.2 Å². The van der Waals surface area contributed by atoms with Crippen molar-refractivity contribution in [2.75, 3.05) is 5.75 Å². The number of ketones is 1. The van der Waals surface area contributed by atoms with Crippen LogP contribution in [0, 0.1) is 19.8 Å². The number of benzene rings is 2. The maximum Gasteiger partial charge on any atom is 0.185 e. The molecular weight excluding hydrogens is 384 g/mol. The molecule has 0 amide bonds. The molecule has 0 unspecified atom stereocenters. The zero-order chi connectivity index (χ0) is 21.0. The molecule has 4 nitrogen and oxygen atoms in total. The van der Waals surface area contributed by atoms with Gasteiger partial charge in [0, 0.05) is 5.92 Å². The van der Waals surface area contributed by atoms with E-state index >= 15 is 0 Å². The number of aryl methyl sites for hydroxylation is 2. The van der Waals surface area contributed by atoms with E-state index in [-0.39, 0.29) is 16.6 Å². The van der Waals surface area contributed by atoms with Crippen molar-refractivity contribution < 1.29 is 17.9 Å². The fraction of sp³-hybridized carbons (Fsp3) is 0.375. The molecule has 2 aromatic carbocycles. The number of Topliss-reactive ketones (excluding diaryl/α,β-unsaturated/α-hetero) is 1. The Hall–Kier alpha value is -2.40. The molecule has 1 aliphatic rings. The third-order valence-electron chi connectivity index (χ3n) is 5.35. The number of hydrogen-bond donors (Lipinski definition) is 0. The molecule has 29 heavy (non-hydrogen) atoms. The summed E-state index contributed by atoms with van der Waals surface area (Å²) in [6.07, 6.45) is 3.03. The lowest BCUT2D eigenvalue weighted by Crippen LogP contribution is -2.26. The summed E-state index contributed by atoms with van der Waals surface area (Å²) >= 11 is 0. The zero-order valence-corrected chi connectivity index (χ0v) is 17.9. The fourth-order valence-corrected chi connectivity index (χ4v) is 5.13. The van der Waals surface area contributed by atoms with Crippen molar-refractivity contribution in [3.05, 3.63) is 71.3 Å². The van der Waals surface area contributed by atoms with Crippen LogP contribution < -0.4 is 4.74 Å². The summed E-state index contributed by atoms with van der Waals surface area (Å²) in [5.74, 6) is -0.198. The Morgan fingerprint density at radius 3 is 2.21 bits per heavy atom. The highest BCUT2D eigenvalue weighted by atomic mass is 32.2. The molecule has 0 heterocycles. The van der Waals surface area contributed by atoms with E-state index in [1.807, 2.05) is 13.8 Å². The summed E-state index contributed by atoms with van der Waals surface area (Å²) in [6.45, 7) is 8.44.